The molecule has 0 amide bonds. The van der Waals surface area contributed by atoms with Crippen LogP contribution in [-0.2, 0) is 12.8 Å². The second-order valence-electron chi connectivity index (χ2n) is 10.0. The Kier molecular flexibility index (Phi) is 5.96. The van der Waals surface area contributed by atoms with Gasteiger partial charge in [-0.25, -0.2) is 0 Å². The van der Waals surface area contributed by atoms with E-state index in [1.807, 2.05) is 0 Å². The van der Waals surface area contributed by atoms with Gasteiger partial charge in [-0.15, -0.1) is 26.3 Å². The van der Waals surface area contributed by atoms with Gasteiger partial charge in [-0.3, -0.25) is 0 Å². The maximum Gasteiger partial charge on any atom is 0.573 e. The SMILES string of the molecule is FC(F)(F)Oc1ccc2c(c1)CCN2C1=CC2=CC(=[N+]3CCc4cc(OC(F)(F)F)ccc43)CCC2CC1. The van der Waals surface area contributed by atoms with Gasteiger partial charge in [0, 0.05) is 48.5 Å². The van der Waals surface area contributed by atoms with Crippen LogP contribution in [0.25, 0.3) is 0 Å². The van der Waals surface area contributed by atoms with Crippen LogP contribution in [0.15, 0.2) is 59.8 Å². The monoisotopic (exact) mass is 535 g/mol. The first-order valence-corrected chi connectivity index (χ1v) is 12.6. The van der Waals surface area contributed by atoms with Gasteiger partial charge in [0.25, 0.3) is 0 Å². The van der Waals surface area contributed by atoms with E-state index < -0.39 is 12.7 Å². The van der Waals surface area contributed by atoms with Crippen molar-refractivity contribution in [2.45, 2.75) is 51.2 Å². The molecule has 4 aliphatic rings. The quantitative estimate of drug-likeness (QED) is 0.307. The van der Waals surface area contributed by atoms with Gasteiger partial charge in [0.05, 0.1) is 0 Å². The lowest BCUT2D eigenvalue weighted by molar-refractivity contribution is -0.429. The molecular formula is C28H25F6N2O2+. The van der Waals surface area contributed by atoms with E-state index in [0.717, 1.165) is 59.6 Å². The lowest BCUT2D eigenvalue weighted by Crippen LogP contribution is -2.27. The molecule has 6 rings (SSSR count). The smallest absolute Gasteiger partial charge is 0.406 e. The van der Waals surface area contributed by atoms with Gasteiger partial charge in [-0.1, -0.05) is 0 Å². The van der Waals surface area contributed by atoms with Gasteiger partial charge in [-0.05, 0) is 79.1 Å². The molecule has 0 saturated carbocycles. The van der Waals surface area contributed by atoms with E-state index in [2.05, 4.69) is 31.1 Å². The largest absolute Gasteiger partial charge is 0.573 e. The summed E-state index contributed by atoms with van der Waals surface area (Å²) in [5, 5.41) is 0. The van der Waals surface area contributed by atoms with E-state index in [9.17, 15) is 26.3 Å². The Labute approximate surface area is 215 Å². The molecule has 4 nitrogen and oxygen atoms in total. The number of benzene rings is 2. The van der Waals surface area contributed by atoms with Gasteiger partial charge >= 0.3 is 12.7 Å². The molecule has 0 N–H and O–H groups in total. The van der Waals surface area contributed by atoms with Crippen LogP contribution in [0.3, 0.4) is 0 Å². The zero-order valence-electron chi connectivity index (χ0n) is 20.3. The predicted octanol–water partition coefficient (Wildman–Crippen LogP) is 7.20. The molecule has 2 aromatic carbocycles. The first-order chi connectivity index (χ1) is 18.0. The molecule has 2 aliphatic carbocycles. The fraction of sp³-hybridized carbons (Fsp3) is 0.393. The number of nitrogens with zero attached hydrogens (tertiary/aromatic N) is 2. The Morgan fingerprint density at radius 2 is 1.45 bits per heavy atom. The third-order valence-electron chi connectivity index (χ3n) is 7.69. The molecule has 2 heterocycles. The summed E-state index contributed by atoms with van der Waals surface area (Å²) in [6.07, 6.45) is 0.0614. The molecule has 2 aromatic rings. The third kappa shape index (κ3) is 5.00. The van der Waals surface area contributed by atoms with Crippen LogP contribution in [0.2, 0.25) is 0 Å². The summed E-state index contributed by atoms with van der Waals surface area (Å²) < 4.78 is 86.1. The van der Waals surface area contributed by atoms with Crippen molar-refractivity contribution in [1.29, 1.82) is 0 Å². The first kappa shape index (κ1) is 24.9. The Bertz CT molecular complexity index is 1370. The zero-order valence-corrected chi connectivity index (χ0v) is 20.3. The summed E-state index contributed by atoms with van der Waals surface area (Å²) in [5.74, 6) is 0.0396. The molecule has 1 unspecified atom stereocenters. The molecular weight excluding hydrogens is 510 g/mol. The van der Waals surface area contributed by atoms with Crippen molar-refractivity contribution in [3.05, 3.63) is 70.9 Å². The van der Waals surface area contributed by atoms with Crippen molar-refractivity contribution < 1.29 is 40.4 Å². The number of anilines is 1. The fourth-order valence-electron chi connectivity index (χ4n) is 6.10. The van der Waals surface area contributed by atoms with Gasteiger partial charge in [0.2, 0.25) is 5.69 Å². The van der Waals surface area contributed by atoms with Gasteiger partial charge < -0.3 is 14.4 Å². The fourth-order valence-corrected chi connectivity index (χ4v) is 6.10. The lowest BCUT2D eigenvalue weighted by Gasteiger charge is -2.32. The topological polar surface area (TPSA) is 24.7 Å². The number of rotatable bonds is 3. The molecule has 0 radical (unpaired) electrons. The number of ether oxygens (including phenoxy) is 2. The van der Waals surface area contributed by atoms with E-state index in [1.165, 1.54) is 29.8 Å². The second-order valence-corrected chi connectivity index (χ2v) is 10.0. The Hall–Kier alpha value is -3.43. The molecule has 0 fully saturated rings. The van der Waals surface area contributed by atoms with Crippen molar-refractivity contribution >= 4 is 17.1 Å². The minimum atomic E-state index is -4.72. The highest BCUT2D eigenvalue weighted by Gasteiger charge is 2.36. The second kappa shape index (κ2) is 9.10. The Balaban J connectivity index is 1.26. The van der Waals surface area contributed by atoms with Crippen LogP contribution >= 0.6 is 0 Å². The van der Waals surface area contributed by atoms with Crippen LogP contribution in [0.4, 0.5) is 37.7 Å². The summed E-state index contributed by atoms with van der Waals surface area (Å²) in [7, 11) is 0. The minimum Gasteiger partial charge on any atom is -0.406 e. The Morgan fingerprint density at radius 3 is 2.18 bits per heavy atom. The Morgan fingerprint density at radius 1 is 0.763 bits per heavy atom. The summed E-state index contributed by atoms with van der Waals surface area (Å²) in [6.45, 7) is 1.40. The zero-order chi connectivity index (χ0) is 26.7. The predicted molar refractivity (Wildman–Crippen MR) is 129 cm³/mol. The molecule has 0 saturated heterocycles. The van der Waals surface area contributed by atoms with Crippen molar-refractivity contribution in [3.63, 3.8) is 0 Å². The van der Waals surface area contributed by atoms with E-state index in [-0.39, 0.29) is 11.5 Å². The average molecular weight is 536 g/mol. The van der Waals surface area contributed by atoms with Crippen LogP contribution < -0.4 is 14.4 Å². The molecule has 0 aromatic heterocycles. The molecule has 0 bridgehead atoms. The van der Waals surface area contributed by atoms with Crippen LogP contribution in [0.1, 0.15) is 36.8 Å². The van der Waals surface area contributed by atoms with Crippen molar-refractivity contribution in [2.24, 2.45) is 5.92 Å². The maximum absolute atomic E-state index is 12.6. The first-order valence-electron chi connectivity index (χ1n) is 12.6. The molecule has 1 atom stereocenters. The summed E-state index contributed by atoms with van der Waals surface area (Å²) >= 11 is 0. The standard InChI is InChI=1S/C28H25F6N2O2/c29-27(30,31)37-23-5-7-25-18(15-23)9-11-35(25)21-3-1-17-2-4-22(14-20(17)13-21)36-12-10-19-16-24(6-8-26(19)36)38-28(32,33)34/h5-8,13-17H,1-4,9-12H2/q+1. The van der Waals surface area contributed by atoms with Gasteiger partial charge in [0.15, 0.2) is 12.3 Å². The number of hydrogen-bond donors (Lipinski definition) is 0. The molecule has 2 aliphatic heterocycles. The third-order valence-corrected chi connectivity index (χ3v) is 7.69. The highest BCUT2D eigenvalue weighted by atomic mass is 19.4. The summed E-state index contributed by atoms with van der Waals surface area (Å²) in [5.41, 5.74) is 7.01. The minimum absolute atomic E-state index is 0.201. The molecule has 200 valence electrons. The van der Waals surface area contributed by atoms with E-state index in [1.54, 1.807) is 12.1 Å². The normalized spacial score (nSPS) is 22.9. The van der Waals surface area contributed by atoms with E-state index in [4.69, 9.17) is 0 Å². The van der Waals surface area contributed by atoms with E-state index >= 15 is 0 Å². The van der Waals surface area contributed by atoms with Gasteiger partial charge in [0.1, 0.15) is 11.5 Å². The highest BCUT2D eigenvalue weighted by molar-refractivity contribution is 5.94. The number of fused-ring (bicyclic) bond motifs is 3. The van der Waals surface area contributed by atoms with Crippen molar-refractivity contribution in [3.8, 4) is 11.5 Å². The number of allylic oxidation sites excluding steroid dienone is 4. The van der Waals surface area contributed by atoms with E-state index in [0.29, 0.717) is 31.8 Å². The van der Waals surface area contributed by atoms with Gasteiger partial charge in [-0.2, -0.15) is 4.58 Å². The lowest BCUT2D eigenvalue weighted by atomic mass is 9.79. The maximum atomic E-state index is 12.6. The average Bonchev–Trinajstić information content (AvgIpc) is 3.45. The van der Waals surface area contributed by atoms with Crippen LogP contribution in [-0.4, -0.2) is 36.1 Å². The van der Waals surface area contributed by atoms with Crippen molar-refractivity contribution in [2.75, 3.05) is 18.0 Å². The molecule has 0 spiro atoms. The van der Waals surface area contributed by atoms with Crippen LogP contribution in [0.5, 0.6) is 11.5 Å². The molecule has 38 heavy (non-hydrogen) atoms. The molecule has 10 heteroatoms. The number of hydrogen-bond acceptors (Lipinski definition) is 3. The number of alkyl halides is 6. The summed E-state index contributed by atoms with van der Waals surface area (Å²) in [4.78, 5) is 2.19. The summed E-state index contributed by atoms with van der Waals surface area (Å²) in [6, 6.07) is 9.05. The van der Waals surface area contributed by atoms with Crippen LogP contribution in [0, 0.1) is 5.92 Å². The van der Waals surface area contributed by atoms with Crippen molar-refractivity contribution in [1.82, 2.24) is 0 Å². The highest BCUT2D eigenvalue weighted by Crippen LogP contribution is 2.42. The number of halogens is 6.